The Hall–Kier alpha value is -3.55. The van der Waals surface area contributed by atoms with Crippen molar-refractivity contribution in [3.8, 4) is 0 Å². The molecule has 140 valence electrons. The third-order valence-electron chi connectivity index (χ3n) is 3.88. The molecule has 27 heavy (non-hydrogen) atoms. The van der Waals surface area contributed by atoms with E-state index in [2.05, 4.69) is 16.0 Å². The summed E-state index contributed by atoms with van der Waals surface area (Å²) in [6.45, 7) is 2.55. The maximum absolute atomic E-state index is 12.2. The second kappa shape index (κ2) is 8.22. The molecule has 0 saturated carbocycles. The van der Waals surface area contributed by atoms with Crippen molar-refractivity contribution in [2.75, 3.05) is 17.2 Å². The molecule has 0 unspecified atom stereocenters. The normalized spacial score (nSPS) is 10.6. The number of urea groups is 1. The summed E-state index contributed by atoms with van der Waals surface area (Å²) in [6, 6.07) is 13.6. The van der Waals surface area contributed by atoms with Gasteiger partial charge in [0.2, 0.25) is 5.91 Å². The lowest BCUT2D eigenvalue weighted by molar-refractivity contribution is -0.116. The zero-order chi connectivity index (χ0) is 19.2. The van der Waals surface area contributed by atoms with Gasteiger partial charge in [-0.2, -0.15) is 0 Å². The largest absolute Gasteiger partial charge is 0.419 e. The highest BCUT2D eigenvalue weighted by Crippen LogP contribution is 2.16. The summed E-state index contributed by atoms with van der Waals surface area (Å²) in [5, 5.41) is 8.07. The molecule has 3 rings (SSSR count). The standard InChI is InChI=1S/C19H20N4O4/c1-2-20-18(25)22-14-7-5-6-13(12-14)21-17(24)10-11-23-15-8-3-4-9-16(15)27-19(23)26/h3-9,12H,2,10-11H2,1H3,(H,21,24)(H2,20,22,25). The Morgan fingerprint density at radius 3 is 2.56 bits per heavy atom. The number of oxazole rings is 1. The topological polar surface area (TPSA) is 105 Å². The minimum absolute atomic E-state index is 0.109. The molecular weight excluding hydrogens is 348 g/mol. The van der Waals surface area contributed by atoms with Crippen LogP contribution < -0.4 is 21.7 Å². The average Bonchev–Trinajstić information content (AvgIpc) is 2.95. The molecule has 3 amide bonds. The number of amides is 3. The molecule has 1 aromatic heterocycles. The van der Waals surface area contributed by atoms with Gasteiger partial charge < -0.3 is 20.4 Å². The first-order valence-corrected chi connectivity index (χ1v) is 8.60. The van der Waals surface area contributed by atoms with Crippen LogP contribution in [0.1, 0.15) is 13.3 Å². The van der Waals surface area contributed by atoms with Gasteiger partial charge in [0.1, 0.15) is 0 Å². The van der Waals surface area contributed by atoms with Crippen LogP contribution >= 0.6 is 0 Å². The van der Waals surface area contributed by atoms with E-state index in [1.165, 1.54) is 4.57 Å². The van der Waals surface area contributed by atoms with Gasteiger partial charge in [0.25, 0.3) is 0 Å². The number of hydrogen-bond donors (Lipinski definition) is 3. The Morgan fingerprint density at radius 2 is 1.78 bits per heavy atom. The van der Waals surface area contributed by atoms with Crippen LogP contribution in [-0.2, 0) is 11.3 Å². The fourth-order valence-corrected chi connectivity index (χ4v) is 2.67. The molecule has 3 aromatic rings. The fourth-order valence-electron chi connectivity index (χ4n) is 2.67. The quantitative estimate of drug-likeness (QED) is 0.622. The van der Waals surface area contributed by atoms with Gasteiger partial charge in [-0.05, 0) is 37.3 Å². The van der Waals surface area contributed by atoms with Crippen molar-refractivity contribution >= 4 is 34.4 Å². The van der Waals surface area contributed by atoms with E-state index in [1.807, 2.05) is 6.92 Å². The molecule has 8 nitrogen and oxygen atoms in total. The summed E-state index contributed by atoms with van der Waals surface area (Å²) in [6.07, 6.45) is 0.109. The molecule has 3 N–H and O–H groups in total. The molecule has 0 aliphatic rings. The lowest BCUT2D eigenvalue weighted by atomic mass is 10.2. The van der Waals surface area contributed by atoms with Gasteiger partial charge in [0.15, 0.2) is 5.58 Å². The number of benzene rings is 2. The SMILES string of the molecule is CCNC(=O)Nc1cccc(NC(=O)CCn2c(=O)oc3ccccc32)c1. The number of rotatable bonds is 6. The van der Waals surface area contributed by atoms with E-state index in [4.69, 9.17) is 4.42 Å². The van der Waals surface area contributed by atoms with Crippen LogP contribution in [0.15, 0.2) is 57.7 Å². The van der Waals surface area contributed by atoms with E-state index in [0.717, 1.165) is 0 Å². The highest BCUT2D eigenvalue weighted by Gasteiger charge is 2.11. The van der Waals surface area contributed by atoms with Crippen LogP contribution in [0.3, 0.4) is 0 Å². The number of hydrogen-bond acceptors (Lipinski definition) is 4. The molecule has 8 heteroatoms. The van der Waals surface area contributed by atoms with E-state index >= 15 is 0 Å². The van der Waals surface area contributed by atoms with Crippen molar-refractivity contribution in [2.45, 2.75) is 19.9 Å². The lowest BCUT2D eigenvalue weighted by Crippen LogP contribution is -2.28. The highest BCUT2D eigenvalue weighted by atomic mass is 16.4. The van der Waals surface area contributed by atoms with E-state index < -0.39 is 5.76 Å². The Bertz CT molecular complexity index is 1020. The second-order valence-corrected chi connectivity index (χ2v) is 5.85. The van der Waals surface area contributed by atoms with Crippen molar-refractivity contribution in [3.63, 3.8) is 0 Å². The van der Waals surface area contributed by atoms with Gasteiger partial charge in [0.05, 0.1) is 5.52 Å². The summed E-state index contributed by atoms with van der Waals surface area (Å²) in [5.74, 6) is -0.737. The summed E-state index contributed by atoms with van der Waals surface area (Å²) in [4.78, 5) is 35.7. The predicted molar refractivity (Wildman–Crippen MR) is 103 cm³/mol. The van der Waals surface area contributed by atoms with E-state index in [9.17, 15) is 14.4 Å². The number of aromatic nitrogens is 1. The van der Waals surface area contributed by atoms with Crippen molar-refractivity contribution in [2.24, 2.45) is 0 Å². The number of carbonyl (C=O) groups is 2. The van der Waals surface area contributed by atoms with Gasteiger partial charge in [-0.1, -0.05) is 18.2 Å². The van der Waals surface area contributed by atoms with Crippen molar-refractivity contribution in [1.29, 1.82) is 0 Å². The molecule has 0 spiro atoms. The van der Waals surface area contributed by atoms with E-state index in [1.54, 1.807) is 48.5 Å². The van der Waals surface area contributed by atoms with Crippen LogP contribution in [0.25, 0.3) is 11.1 Å². The van der Waals surface area contributed by atoms with Crippen LogP contribution in [0.4, 0.5) is 16.2 Å². The van der Waals surface area contributed by atoms with Crippen LogP contribution in [0, 0.1) is 0 Å². The van der Waals surface area contributed by atoms with Gasteiger partial charge in [-0.3, -0.25) is 9.36 Å². The summed E-state index contributed by atoms with van der Waals surface area (Å²) in [7, 11) is 0. The minimum atomic E-state index is -0.489. The summed E-state index contributed by atoms with van der Waals surface area (Å²) >= 11 is 0. The number of para-hydroxylation sites is 2. The van der Waals surface area contributed by atoms with E-state index in [-0.39, 0.29) is 24.9 Å². The third-order valence-corrected chi connectivity index (χ3v) is 3.88. The Labute approximate surface area is 155 Å². The van der Waals surface area contributed by atoms with Crippen molar-refractivity contribution in [3.05, 3.63) is 59.1 Å². The summed E-state index contributed by atoms with van der Waals surface area (Å²) in [5.41, 5.74) is 2.27. The molecular formula is C19H20N4O4. The zero-order valence-electron chi connectivity index (χ0n) is 14.8. The van der Waals surface area contributed by atoms with Gasteiger partial charge >= 0.3 is 11.8 Å². The number of fused-ring (bicyclic) bond motifs is 1. The predicted octanol–water partition coefficient (Wildman–Crippen LogP) is 2.76. The number of anilines is 2. The van der Waals surface area contributed by atoms with Gasteiger partial charge in [-0.25, -0.2) is 9.59 Å². The first-order valence-electron chi connectivity index (χ1n) is 8.60. The van der Waals surface area contributed by atoms with Gasteiger partial charge in [0, 0.05) is 30.9 Å². The lowest BCUT2D eigenvalue weighted by Gasteiger charge is -2.09. The number of aryl methyl sites for hydroxylation is 1. The number of carbonyl (C=O) groups excluding carboxylic acids is 2. The number of nitrogens with one attached hydrogen (secondary N) is 3. The molecule has 1 heterocycles. The first kappa shape index (κ1) is 18.2. The van der Waals surface area contributed by atoms with Gasteiger partial charge in [-0.15, -0.1) is 0 Å². The fraction of sp³-hybridized carbons (Fsp3) is 0.211. The number of nitrogens with zero attached hydrogens (tertiary/aromatic N) is 1. The monoisotopic (exact) mass is 368 g/mol. The maximum atomic E-state index is 12.2. The molecule has 0 radical (unpaired) electrons. The second-order valence-electron chi connectivity index (χ2n) is 5.85. The minimum Gasteiger partial charge on any atom is -0.408 e. The Kier molecular flexibility index (Phi) is 5.55. The molecule has 0 saturated heterocycles. The van der Waals surface area contributed by atoms with Crippen molar-refractivity contribution < 1.29 is 14.0 Å². The molecule has 0 bridgehead atoms. The zero-order valence-corrected chi connectivity index (χ0v) is 14.8. The third kappa shape index (κ3) is 4.55. The summed E-state index contributed by atoms with van der Waals surface area (Å²) < 4.78 is 6.58. The molecule has 0 atom stereocenters. The van der Waals surface area contributed by atoms with Crippen LogP contribution in [0.5, 0.6) is 0 Å². The average molecular weight is 368 g/mol. The van der Waals surface area contributed by atoms with E-state index in [0.29, 0.717) is 29.0 Å². The Balaban J connectivity index is 1.62. The van der Waals surface area contributed by atoms with Crippen LogP contribution in [-0.4, -0.2) is 23.1 Å². The smallest absolute Gasteiger partial charge is 0.408 e. The molecule has 2 aromatic carbocycles. The van der Waals surface area contributed by atoms with Crippen molar-refractivity contribution in [1.82, 2.24) is 9.88 Å². The maximum Gasteiger partial charge on any atom is 0.419 e. The molecule has 0 aliphatic heterocycles. The Morgan fingerprint density at radius 1 is 1.04 bits per heavy atom. The first-order chi connectivity index (χ1) is 13.1. The van der Waals surface area contributed by atoms with Crippen LogP contribution in [0.2, 0.25) is 0 Å². The highest BCUT2D eigenvalue weighted by molar-refractivity contribution is 5.93. The molecule has 0 fully saturated rings. The molecule has 0 aliphatic carbocycles.